The molecule has 2 aromatic carbocycles. The fourth-order valence-corrected chi connectivity index (χ4v) is 2.18. The number of carbonyl (C=O) groups is 1. The SMILES string of the molecule is CN(C(=O)O)c1ccc(-n2cnc(-c3ccccc3)c2)cc1. The summed E-state index contributed by atoms with van der Waals surface area (Å²) in [6.07, 6.45) is 2.71. The number of rotatable bonds is 3. The van der Waals surface area contributed by atoms with E-state index in [1.54, 1.807) is 18.5 Å². The molecule has 3 aromatic rings. The zero-order valence-electron chi connectivity index (χ0n) is 12.0. The first-order valence-electron chi connectivity index (χ1n) is 6.81. The zero-order valence-corrected chi connectivity index (χ0v) is 12.0. The van der Waals surface area contributed by atoms with Crippen molar-refractivity contribution in [3.8, 4) is 16.9 Å². The van der Waals surface area contributed by atoms with Crippen LogP contribution in [-0.4, -0.2) is 27.8 Å². The number of nitrogens with zero attached hydrogens (tertiary/aromatic N) is 3. The summed E-state index contributed by atoms with van der Waals surface area (Å²) in [5.74, 6) is 0. The van der Waals surface area contributed by atoms with E-state index in [0.717, 1.165) is 16.9 Å². The first-order valence-corrected chi connectivity index (χ1v) is 6.81. The molecule has 0 fully saturated rings. The number of imidazole rings is 1. The molecule has 22 heavy (non-hydrogen) atoms. The lowest BCUT2D eigenvalue weighted by Gasteiger charge is -2.13. The third-order valence-corrected chi connectivity index (χ3v) is 3.47. The minimum atomic E-state index is -0.984. The first kappa shape index (κ1) is 13.9. The van der Waals surface area contributed by atoms with Gasteiger partial charge in [0.2, 0.25) is 0 Å². The van der Waals surface area contributed by atoms with Gasteiger partial charge in [-0.2, -0.15) is 0 Å². The first-order chi connectivity index (χ1) is 10.6. The third kappa shape index (κ3) is 2.69. The number of anilines is 1. The normalized spacial score (nSPS) is 10.4. The number of hydrogen-bond donors (Lipinski definition) is 1. The minimum absolute atomic E-state index is 0.625. The Bertz CT molecular complexity index is 779. The molecule has 0 atom stereocenters. The predicted octanol–water partition coefficient (Wildman–Crippen LogP) is 3.65. The van der Waals surface area contributed by atoms with Gasteiger partial charge in [0.05, 0.1) is 12.0 Å². The molecule has 0 aliphatic rings. The number of aromatic nitrogens is 2. The lowest BCUT2D eigenvalue weighted by atomic mass is 10.2. The maximum Gasteiger partial charge on any atom is 0.411 e. The van der Waals surface area contributed by atoms with Crippen LogP contribution in [0.3, 0.4) is 0 Å². The van der Waals surface area contributed by atoms with E-state index in [0.29, 0.717) is 5.69 Å². The second-order valence-electron chi connectivity index (χ2n) is 4.89. The molecule has 1 heterocycles. The van der Waals surface area contributed by atoms with Gasteiger partial charge < -0.3 is 9.67 Å². The standard InChI is InChI=1S/C17H15N3O2/c1-19(17(21)22)14-7-9-15(10-8-14)20-11-16(18-12-20)13-5-3-2-4-6-13/h2-12H,1H3,(H,21,22). The molecule has 0 bridgehead atoms. The molecular formula is C17H15N3O2. The fraction of sp³-hybridized carbons (Fsp3) is 0.0588. The molecule has 5 heteroatoms. The van der Waals surface area contributed by atoms with Gasteiger partial charge in [0.15, 0.2) is 0 Å². The Kier molecular flexibility index (Phi) is 3.62. The Labute approximate surface area is 128 Å². The monoisotopic (exact) mass is 293 g/mol. The van der Waals surface area contributed by atoms with E-state index in [-0.39, 0.29) is 0 Å². The topological polar surface area (TPSA) is 58.4 Å². The molecule has 0 spiro atoms. The average molecular weight is 293 g/mol. The highest BCUT2D eigenvalue weighted by atomic mass is 16.4. The molecule has 0 aliphatic heterocycles. The van der Waals surface area contributed by atoms with Crippen LogP contribution in [0.5, 0.6) is 0 Å². The van der Waals surface area contributed by atoms with Gasteiger partial charge >= 0.3 is 6.09 Å². The summed E-state index contributed by atoms with van der Waals surface area (Å²) in [5.41, 5.74) is 3.51. The van der Waals surface area contributed by atoms with E-state index in [4.69, 9.17) is 5.11 Å². The summed E-state index contributed by atoms with van der Waals surface area (Å²) >= 11 is 0. The Morgan fingerprint density at radius 2 is 1.77 bits per heavy atom. The van der Waals surface area contributed by atoms with E-state index in [9.17, 15) is 4.79 Å². The summed E-state index contributed by atoms with van der Waals surface area (Å²) in [6.45, 7) is 0. The van der Waals surface area contributed by atoms with Crippen LogP contribution in [0.1, 0.15) is 0 Å². The Morgan fingerprint density at radius 1 is 1.09 bits per heavy atom. The molecule has 5 nitrogen and oxygen atoms in total. The van der Waals surface area contributed by atoms with Gasteiger partial charge in [0, 0.05) is 30.2 Å². The third-order valence-electron chi connectivity index (χ3n) is 3.47. The van der Waals surface area contributed by atoms with Crippen LogP contribution in [0.4, 0.5) is 10.5 Å². The zero-order chi connectivity index (χ0) is 15.5. The van der Waals surface area contributed by atoms with E-state index in [1.807, 2.05) is 53.2 Å². The van der Waals surface area contributed by atoms with Crippen molar-refractivity contribution in [2.45, 2.75) is 0 Å². The van der Waals surface area contributed by atoms with Crippen molar-refractivity contribution in [1.82, 2.24) is 9.55 Å². The van der Waals surface area contributed by atoms with Gasteiger partial charge in [-0.1, -0.05) is 30.3 Å². The molecule has 0 aliphatic carbocycles. The van der Waals surface area contributed by atoms with Crippen LogP contribution in [0.15, 0.2) is 67.1 Å². The molecule has 3 rings (SSSR count). The lowest BCUT2D eigenvalue weighted by molar-refractivity contribution is 0.203. The quantitative estimate of drug-likeness (QED) is 0.801. The molecule has 0 unspecified atom stereocenters. The van der Waals surface area contributed by atoms with Gasteiger partial charge in [-0.05, 0) is 24.3 Å². The highest BCUT2D eigenvalue weighted by Crippen LogP contribution is 2.20. The van der Waals surface area contributed by atoms with Crippen molar-refractivity contribution in [1.29, 1.82) is 0 Å². The number of hydrogen-bond acceptors (Lipinski definition) is 2. The van der Waals surface area contributed by atoms with Gasteiger partial charge in [-0.15, -0.1) is 0 Å². The van der Waals surface area contributed by atoms with Gasteiger partial charge in [0.25, 0.3) is 0 Å². The number of benzene rings is 2. The van der Waals surface area contributed by atoms with Crippen molar-refractivity contribution in [3.63, 3.8) is 0 Å². The Balaban J connectivity index is 1.86. The van der Waals surface area contributed by atoms with Crippen LogP contribution in [-0.2, 0) is 0 Å². The van der Waals surface area contributed by atoms with Crippen LogP contribution < -0.4 is 4.90 Å². The average Bonchev–Trinajstić information content (AvgIpc) is 3.05. The molecule has 110 valence electrons. The summed E-state index contributed by atoms with van der Waals surface area (Å²) in [5, 5.41) is 8.96. The molecular weight excluding hydrogens is 278 g/mol. The maximum absolute atomic E-state index is 10.9. The molecule has 1 amide bonds. The van der Waals surface area contributed by atoms with Gasteiger partial charge in [0.1, 0.15) is 0 Å². The fourth-order valence-electron chi connectivity index (χ4n) is 2.18. The number of carboxylic acid groups (broad SMARTS) is 1. The van der Waals surface area contributed by atoms with Crippen LogP contribution in [0, 0.1) is 0 Å². The smallest absolute Gasteiger partial charge is 0.411 e. The van der Waals surface area contributed by atoms with E-state index in [1.165, 1.54) is 11.9 Å². The van der Waals surface area contributed by atoms with Gasteiger partial charge in [-0.3, -0.25) is 4.90 Å². The summed E-state index contributed by atoms with van der Waals surface area (Å²) in [4.78, 5) is 16.5. The van der Waals surface area contributed by atoms with Crippen LogP contribution in [0.2, 0.25) is 0 Å². The van der Waals surface area contributed by atoms with Crippen molar-refractivity contribution in [2.75, 3.05) is 11.9 Å². The summed E-state index contributed by atoms with van der Waals surface area (Å²) < 4.78 is 1.91. The minimum Gasteiger partial charge on any atom is -0.465 e. The summed E-state index contributed by atoms with van der Waals surface area (Å²) in [6, 6.07) is 17.2. The van der Waals surface area contributed by atoms with E-state index >= 15 is 0 Å². The van der Waals surface area contributed by atoms with E-state index < -0.39 is 6.09 Å². The highest BCUT2D eigenvalue weighted by molar-refractivity contribution is 5.85. The molecule has 1 aromatic heterocycles. The maximum atomic E-state index is 10.9. The van der Waals surface area contributed by atoms with Crippen LogP contribution in [0.25, 0.3) is 16.9 Å². The predicted molar refractivity (Wildman–Crippen MR) is 85.4 cm³/mol. The Morgan fingerprint density at radius 3 is 2.41 bits per heavy atom. The largest absolute Gasteiger partial charge is 0.465 e. The van der Waals surface area contributed by atoms with Crippen molar-refractivity contribution >= 4 is 11.8 Å². The highest BCUT2D eigenvalue weighted by Gasteiger charge is 2.08. The molecule has 0 saturated heterocycles. The van der Waals surface area contributed by atoms with Gasteiger partial charge in [-0.25, -0.2) is 9.78 Å². The molecule has 0 saturated carbocycles. The molecule has 0 radical (unpaired) electrons. The van der Waals surface area contributed by atoms with Crippen molar-refractivity contribution < 1.29 is 9.90 Å². The summed E-state index contributed by atoms with van der Waals surface area (Å²) in [7, 11) is 1.52. The van der Waals surface area contributed by atoms with E-state index in [2.05, 4.69) is 4.98 Å². The lowest BCUT2D eigenvalue weighted by Crippen LogP contribution is -2.23. The van der Waals surface area contributed by atoms with Crippen molar-refractivity contribution in [3.05, 3.63) is 67.1 Å². The molecule has 1 N–H and O–H groups in total. The number of amides is 1. The van der Waals surface area contributed by atoms with Crippen LogP contribution >= 0.6 is 0 Å². The second kappa shape index (κ2) is 5.73. The van der Waals surface area contributed by atoms with Crippen molar-refractivity contribution in [2.24, 2.45) is 0 Å². The second-order valence-corrected chi connectivity index (χ2v) is 4.89. The Hall–Kier alpha value is -3.08.